The maximum Gasteiger partial charge on any atom is 0.227 e. The Balaban J connectivity index is 1.30. The molecule has 3 fully saturated rings. The molecule has 2 saturated carbocycles. The van der Waals surface area contributed by atoms with Gasteiger partial charge in [-0.2, -0.15) is 0 Å². The van der Waals surface area contributed by atoms with Gasteiger partial charge in [0.05, 0.1) is 6.42 Å². The Labute approximate surface area is 166 Å². The molecule has 5 nitrogen and oxygen atoms in total. The predicted octanol–water partition coefficient (Wildman–Crippen LogP) is 2.19. The molecule has 1 saturated heterocycles. The van der Waals surface area contributed by atoms with E-state index < -0.39 is 0 Å². The zero-order valence-corrected chi connectivity index (χ0v) is 16.4. The van der Waals surface area contributed by atoms with E-state index in [0.29, 0.717) is 43.6 Å². The molecule has 3 aliphatic rings. The van der Waals surface area contributed by atoms with E-state index in [1.54, 1.807) is 23.1 Å². The number of piperazine rings is 1. The molecule has 2 atom stereocenters. The highest BCUT2D eigenvalue weighted by Gasteiger charge is 2.42. The molecule has 2 aliphatic carbocycles. The second-order valence-electron chi connectivity index (χ2n) is 8.67. The van der Waals surface area contributed by atoms with Crippen LogP contribution in [0.2, 0.25) is 0 Å². The first-order chi connectivity index (χ1) is 13.5. The van der Waals surface area contributed by atoms with Crippen LogP contribution in [0, 0.1) is 23.6 Å². The number of carbonyl (C=O) groups is 2. The molecule has 2 N–H and O–H groups in total. The summed E-state index contributed by atoms with van der Waals surface area (Å²) in [6.45, 7) is 2.19. The van der Waals surface area contributed by atoms with Gasteiger partial charge in [0.2, 0.25) is 11.8 Å². The summed E-state index contributed by atoms with van der Waals surface area (Å²) in [6.07, 6.45) is 5.46. The first-order valence-electron chi connectivity index (χ1n) is 10.6. The Kier molecular flexibility index (Phi) is 5.67. The fourth-order valence-electron chi connectivity index (χ4n) is 5.34. The van der Waals surface area contributed by atoms with E-state index in [2.05, 4.69) is 0 Å². The second kappa shape index (κ2) is 8.19. The van der Waals surface area contributed by atoms with E-state index in [1.807, 2.05) is 4.90 Å². The van der Waals surface area contributed by atoms with Crippen molar-refractivity contribution in [2.24, 2.45) is 23.5 Å². The highest BCUT2D eigenvalue weighted by atomic mass is 19.1. The number of nitrogens with zero attached hydrogens (tertiary/aromatic N) is 2. The van der Waals surface area contributed by atoms with Crippen molar-refractivity contribution in [1.82, 2.24) is 9.80 Å². The quantitative estimate of drug-likeness (QED) is 0.865. The first-order valence-corrected chi connectivity index (χ1v) is 10.6. The molecule has 1 aromatic carbocycles. The van der Waals surface area contributed by atoms with Gasteiger partial charge in [-0.05, 0) is 49.1 Å². The molecule has 1 heterocycles. The summed E-state index contributed by atoms with van der Waals surface area (Å²) in [7, 11) is 0. The SMILES string of the molecule is NC1C2CCCC1CC(C(=O)N1CCN(C(=O)Cc3ccccc3F)CC1)C2. The number of rotatable bonds is 3. The van der Waals surface area contributed by atoms with Gasteiger partial charge in [0, 0.05) is 38.1 Å². The van der Waals surface area contributed by atoms with Gasteiger partial charge in [-0.25, -0.2) is 4.39 Å². The van der Waals surface area contributed by atoms with Crippen molar-refractivity contribution in [3.8, 4) is 0 Å². The molecule has 1 aromatic rings. The Hall–Kier alpha value is -1.95. The van der Waals surface area contributed by atoms with Crippen LogP contribution in [0.25, 0.3) is 0 Å². The molecule has 1 aliphatic heterocycles. The average Bonchev–Trinajstić information content (AvgIpc) is 2.69. The Bertz CT molecular complexity index is 718. The van der Waals surface area contributed by atoms with Crippen molar-refractivity contribution in [3.63, 3.8) is 0 Å². The zero-order valence-electron chi connectivity index (χ0n) is 16.4. The Morgan fingerprint density at radius 1 is 1.00 bits per heavy atom. The number of benzene rings is 1. The van der Waals surface area contributed by atoms with Crippen LogP contribution < -0.4 is 5.73 Å². The Morgan fingerprint density at radius 2 is 1.61 bits per heavy atom. The van der Waals surface area contributed by atoms with Crippen molar-refractivity contribution in [3.05, 3.63) is 35.6 Å². The molecule has 4 rings (SSSR count). The molecule has 2 bridgehead atoms. The molecule has 0 radical (unpaired) electrons. The summed E-state index contributed by atoms with van der Waals surface area (Å²) in [5, 5.41) is 0. The van der Waals surface area contributed by atoms with Crippen LogP contribution >= 0.6 is 0 Å². The fourth-order valence-corrected chi connectivity index (χ4v) is 5.34. The largest absolute Gasteiger partial charge is 0.339 e. The summed E-state index contributed by atoms with van der Waals surface area (Å²) in [5.74, 6) is 0.900. The number of carbonyl (C=O) groups excluding carboxylic acids is 2. The highest BCUT2D eigenvalue weighted by molar-refractivity contribution is 5.81. The van der Waals surface area contributed by atoms with Crippen LogP contribution in [0.4, 0.5) is 4.39 Å². The van der Waals surface area contributed by atoms with Crippen LogP contribution in [0.5, 0.6) is 0 Å². The van der Waals surface area contributed by atoms with Crippen molar-refractivity contribution >= 4 is 11.8 Å². The van der Waals surface area contributed by atoms with E-state index in [1.165, 1.54) is 12.5 Å². The summed E-state index contributed by atoms with van der Waals surface area (Å²) >= 11 is 0. The molecule has 2 unspecified atom stereocenters. The molecular weight excluding hydrogens is 357 g/mol. The highest BCUT2D eigenvalue weighted by Crippen LogP contribution is 2.42. The van der Waals surface area contributed by atoms with Gasteiger partial charge in [0.1, 0.15) is 5.82 Å². The smallest absolute Gasteiger partial charge is 0.227 e. The minimum absolute atomic E-state index is 0.0737. The molecule has 28 heavy (non-hydrogen) atoms. The van der Waals surface area contributed by atoms with Crippen LogP contribution in [0.1, 0.15) is 37.7 Å². The van der Waals surface area contributed by atoms with Crippen LogP contribution in [0.3, 0.4) is 0 Å². The third kappa shape index (κ3) is 3.93. The second-order valence-corrected chi connectivity index (χ2v) is 8.67. The van der Waals surface area contributed by atoms with Crippen LogP contribution in [-0.4, -0.2) is 53.8 Å². The minimum atomic E-state index is -0.342. The topological polar surface area (TPSA) is 66.6 Å². The maximum atomic E-state index is 13.8. The summed E-state index contributed by atoms with van der Waals surface area (Å²) in [4.78, 5) is 29.2. The Morgan fingerprint density at radius 3 is 2.25 bits per heavy atom. The van der Waals surface area contributed by atoms with E-state index in [-0.39, 0.29) is 36.0 Å². The van der Waals surface area contributed by atoms with Crippen LogP contribution in [-0.2, 0) is 16.0 Å². The van der Waals surface area contributed by atoms with Crippen molar-refractivity contribution < 1.29 is 14.0 Å². The van der Waals surface area contributed by atoms with Gasteiger partial charge in [0.15, 0.2) is 0 Å². The van der Waals surface area contributed by atoms with E-state index >= 15 is 0 Å². The number of amides is 2. The molecule has 152 valence electrons. The standard InChI is InChI=1S/C22H30FN3O2/c23-19-7-2-1-4-15(19)14-20(27)25-8-10-26(11-9-25)22(28)18-12-16-5-3-6-17(13-18)21(16)24/h1-2,4,7,16-18,21H,3,5-6,8-14,24H2. The monoisotopic (exact) mass is 387 g/mol. The summed E-state index contributed by atoms with van der Waals surface area (Å²) in [5.41, 5.74) is 6.78. The number of hydrogen-bond acceptors (Lipinski definition) is 3. The first kappa shape index (κ1) is 19.4. The van der Waals surface area contributed by atoms with Gasteiger partial charge < -0.3 is 15.5 Å². The fraction of sp³-hybridized carbons (Fsp3) is 0.636. The lowest BCUT2D eigenvalue weighted by Gasteiger charge is -2.45. The van der Waals surface area contributed by atoms with Gasteiger partial charge in [0.25, 0.3) is 0 Å². The number of hydrogen-bond donors (Lipinski definition) is 1. The van der Waals surface area contributed by atoms with Gasteiger partial charge >= 0.3 is 0 Å². The lowest BCUT2D eigenvalue weighted by molar-refractivity contribution is -0.144. The molecule has 6 heteroatoms. The molecular formula is C22H30FN3O2. The average molecular weight is 387 g/mol. The van der Waals surface area contributed by atoms with Crippen LogP contribution in [0.15, 0.2) is 24.3 Å². The van der Waals surface area contributed by atoms with Crippen molar-refractivity contribution in [2.45, 2.75) is 44.6 Å². The lowest BCUT2D eigenvalue weighted by atomic mass is 9.65. The van der Waals surface area contributed by atoms with Gasteiger partial charge in [-0.1, -0.05) is 24.6 Å². The number of fused-ring (bicyclic) bond motifs is 2. The van der Waals surface area contributed by atoms with E-state index in [0.717, 1.165) is 25.7 Å². The summed E-state index contributed by atoms with van der Waals surface area (Å²) in [6, 6.07) is 6.67. The minimum Gasteiger partial charge on any atom is -0.339 e. The lowest BCUT2D eigenvalue weighted by Crippen LogP contribution is -2.54. The third-order valence-electron chi connectivity index (χ3n) is 7.01. The predicted molar refractivity (Wildman–Crippen MR) is 105 cm³/mol. The maximum absolute atomic E-state index is 13.8. The molecule has 0 spiro atoms. The number of nitrogens with two attached hydrogens (primary N) is 1. The van der Waals surface area contributed by atoms with E-state index in [4.69, 9.17) is 5.73 Å². The summed E-state index contributed by atoms with van der Waals surface area (Å²) < 4.78 is 13.8. The van der Waals surface area contributed by atoms with Crippen molar-refractivity contribution in [1.29, 1.82) is 0 Å². The third-order valence-corrected chi connectivity index (χ3v) is 7.01. The molecule has 2 amide bonds. The van der Waals surface area contributed by atoms with Crippen molar-refractivity contribution in [2.75, 3.05) is 26.2 Å². The van der Waals surface area contributed by atoms with Gasteiger partial charge in [-0.15, -0.1) is 0 Å². The zero-order chi connectivity index (χ0) is 19.7. The van der Waals surface area contributed by atoms with E-state index in [9.17, 15) is 14.0 Å². The molecule has 0 aromatic heterocycles. The number of halogens is 1. The normalized spacial score (nSPS) is 30.2. The van der Waals surface area contributed by atoms with Gasteiger partial charge in [-0.3, -0.25) is 9.59 Å².